The van der Waals surface area contributed by atoms with Crippen LogP contribution in [0.2, 0.25) is 0 Å². The lowest BCUT2D eigenvalue weighted by molar-refractivity contribution is -0.301. The summed E-state index contributed by atoms with van der Waals surface area (Å²) in [5.74, 6) is -2.58. The summed E-state index contributed by atoms with van der Waals surface area (Å²) in [5.41, 5.74) is -2.43. The van der Waals surface area contributed by atoms with Gasteiger partial charge in [-0.1, -0.05) is 42.5 Å². The number of aromatic nitrogens is 3. The highest BCUT2D eigenvalue weighted by Gasteiger charge is 2.58. The molecule has 0 saturated carbocycles. The third kappa shape index (κ3) is 4.19. The molecule has 0 aliphatic carbocycles. The predicted octanol–water partition coefficient (Wildman–Crippen LogP) is 4.78. The summed E-state index contributed by atoms with van der Waals surface area (Å²) >= 11 is 0. The molecule has 0 fully saturated rings. The third-order valence-electron chi connectivity index (χ3n) is 4.92. The number of aliphatic hydroxyl groups is 1. The van der Waals surface area contributed by atoms with Crippen molar-refractivity contribution in [3.8, 4) is 16.9 Å². The second-order valence-corrected chi connectivity index (χ2v) is 7.09. The molecule has 0 spiro atoms. The second kappa shape index (κ2) is 8.43. The van der Waals surface area contributed by atoms with Crippen LogP contribution in [0.5, 0.6) is 5.75 Å². The molecule has 1 atom stereocenters. The summed E-state index contributed by atoms with van der Waals surface area (Å²) < 4.78 is 64.2. The molecule has 1 unspecified atom stereocenters. The Bertz CT molecular complexity index is 1190. The maximum atomic E-state index is 15.3. The topological polar surface area (TPSA) is 60.2 Å². The first-order chi connectivity index (χ1) is 15.3. The van der Waals surface area contributed by atoms with E-state index >= 15 is 8.78 Å². The Morgan fingerprint density at radius 3 is 2.22 bits per heavy atom. The summed E-state index contributed by atoms with van der Waals surface area (Å²) in [5, 5.41) is 14.7. The molecular formula is C23H17F4N3O2. The Kier molecular flexibility index (Phi) is 5.67. The van der Waals surface area contributed by atoms with Crippen LogP contribution in [0.4, 0.5) is 17.6 Å². The van der Waals surface area contributed by atoms with E-state index < -0.39 is 35.5 Å². The molecule has 32 heavy (non-hydrogen) atoms. The van der Waals surface area contributed by atoms with Gasteiger partial charge in [-0.15, -0.1) is 0 Å². The predicted molar refractivity (Wildman–Crippen MR) is 108 cm³/mol. The SMILES string of the molecule is OC(Cn1cncn1)(c1ccc(F)cc1F)C(F)(F)Oc1ccc(-c2ccccc2)cc1. The fourth-order valence-corrected chi connectivity index (χ4v) is 3.29. The molecule has 0 amide bonds. The summed E-state index contributed by atoms with van der Waals surface area (Å²) in [6.07, 6.45) is -2.17. The van der Waals surface area contributed by atoms with Crippen LogP contribution in [0.15, 0.2) is 85.5 Å². The summed E-state index contributed by atoms with van der Waals surface area (Å²) in [7, 11) is 0. The van der Waals surface area contributed by atoms with Gasteiger partial charge in [0.1, 0.15) is 30.0 Å². The Hall–Kier alpha value is -3.72. The highest BCUT2D eigenvalue weighted by Crippen LogP contribution is 2.42. The van der Waals surface area contributed by atoms with Crippen LogP contribution in [0.1, 0.15) is 5.56 Å². The Morgan fingerprint density at radius 1 is 0.906 bits per heavy atom. The molecule has 0 aliphatic heterocycles. The largest absolute Gasteiger partial charge is 0.433 e. The number of alkyl halides is 2. The normalized spacial score (nSPS) is 13.5. The molecule has 1 N–H and O–H groups in total. The fraction of sp³-hybridized carbons (Fsp3) is 0.130. The van der Waals surface area contributed by atoms with Crippen LogP contribution >= 0.6 is 0 Å². The van der Waals surface area contributed by atoms with Crippen LogP contribution in [0.25, 0.3) is 11.1 Å². The number of nitrogens with zero attached hydrogens (tertiary/aromatic N) is 3. The molecule has 1 aromatic heterocycles. The molecule has 164 valence electrons. The minimum Gasteiger partial charge on any atom is -0.430 e. The molecule has 3 aromatic carbocycles. The monoisotopic (exact) mass is 443 g/mol. The zero-order chi connectivity index (χ0) is 22.8. The molecule has 4 rings (SSSR count). The van der Waals surface area contributed by atoms with Crippen molar-refractivity contribution in [3.63, 3.8) is 0 Å². The van der Waals surface area contributed by atoms with Crippen molar-refractivity contribution in [2.45, 2.75) is 18.3 Å². The van der Waals surface area contributed by atoms with Crippen molar-refractivity contribution in [1.82, 2.24) is 14.8 Å². The van der Waals surface area contributed by atoms with Gasteiger partial charge in [0.25, 0.3) is 0 Å². The van der Waals surface area contributed by atoms with Gasteiger partial charge in [-0.3, -0.25) is 0 Å². The molecule has 1 heterocycles. The van der Waals surface area contributed by atoms with Gasteiger partial charge in [0.2, 0.25) is 5.60 Å². The lowest BCUT2D eigenvalue weighted by Gasteiger charge is -2.35. The molecule has 5 nitrogen and oxygen atoms in total. The van der Waals surface area contributed by atoms with Gasteiger partial charge in [0.15, 0.2) is 0 Å². The van der Waals surface area contributed by atoms with Crippen molar-refractivity contribution in [1.29, 1.82) is 0 Å². The summed E-state index contributed by atoms with van der Waals surface area (Å²) in [6, 6.07) is 17.0. The number of halogens is 4. The van der Waals surface area contributed by atoms with Gasteiger partial charge in [0, 0.05) is 11.6 Å². The number of ether oxygens (including phenoxy) is 1. The van der Waals surface area contributed by atoms with Gasteiger partial charge in [0.05, 0.1) is 6.54 Å². The van der Waals surface area contributed by atoms with Crippen molar-refractivity contribution in [3.05, 3.63) is 103 Å². The first-order valence-corrected chi connectivity index (χ1v) is 9.51. The van der Waals surface area contributed by atoms with E-state index in [0.717, 1.165) is 40.6 Å². The first-order valence-electron chi connectivity index (χ1n) is 9.51. The summed E-state index contributed by atoms with van der Waals surface area (Å²) in [4.78, 5) is 3.64. The van der Waals surface area contributed by atoms with Crippen molar-refractivity contribution in [2.75, 3.05) is 0 Å². The van der Waals surface area contributed by atoms with E-state index in [0.29, 0.717) is 6.07 Å². The molecular weight excluding hydrogens is 426 g/mol. The van der Waals surface area contributed by atoms with Crippen LogP contribution in [-0.2, 0) is 12.1 Å². The van der Waals surface area contributed by atoms with E-state index in [1.165, 1.54) is 12.1 Å². The molecule has 0 saturated heterocycles. The minimum absolute atomic E-state index is 0.255. The average Bonchev–Trinajstić information content (AvgIpc) is 3.27. The van der Waals surface area contributed by atoms with Crippen molar-refractivity contribution >= 4 is 0 Å². The zero-order valence-electron chi connectivity index (χ0n) is 16.5. The molecule has 0 aliphatic rings. The van der Waals surface area contributed by atoms with E-state index in [1.807, 2.05) is 30.3 Å². The Balaban J connectivity index is 1.68. The maximum absolute atomic E-state index is 15.3. The van der Waals surface area contributed by atoms with Gasteiger partial charge in [-0.25, -0.2) is 18.4 Å². The lowest BCUT2D eigenvalue weighted by atomic mass is 9.91. The number of benzene rings is 3. The third-order valence-corrected chi connectivity index (χ3v) is 4.92. The number of hydrogen-bond donors (Lipinski definition) is 1. The van der Waals surface area contributed by atoms with E-state index in [9.17, 15) is 13.9 Å². The highest BCUT2D eigenvalue weighted by atomic mass is 19.3. The molecule has 4 aromatic rings. The highest BCUT2D eigenvalue weighted by molar-refractivity contribution is 5.63. The van der Waals surface area contributed by atoms with Crippen molar-refractivity contribution < 1.29 is 27.4 Å². The average molecular weight is 443 g/mol. The van der Waals surface area contributed by atoms with Gasteiger partial charge >= 0.3 is 6.11 Å². The zero-order valence-corrected chi connectivity index (χ0v) is 16.5. The van der Waals surface area contributed by atoms with Crippen LogP contribution in [-0.4, -0.2) is 26.0 Å². The molecule has 0 bridgehead atoms. The van der Waals surface area contributed by atoms with Gasteiger partial charge < -0.3 is 9.84 Å². The van der Waals surface area contributed by atoms with Gasteiger partial charge in [-0.05, 0) is 35.4 Å². The second-order valence-electron chi connectivity index (χ2n) is 7.09. The van der Waals surface area contributed by atoms with Gasteiger partial charge in [-0.2, -0.15) is 13.9 Å². The molecule has 9 heteroatoms. The first kappa shape index (κ1) is 21.5. The number of hydrogen-bond acceptors (Lipinski definition) is 4. The van der Waals surface area contributed by atoms with E-state index in [-0.39, 0.29) is 5.75 Å². The Morgan fingerprint density at radius 2 is 1.59 bits per heavy atom. The van der Waals surface area contributed by atoms with E-state index in [4.69, 9.17) is 4.74 Å². The molecule has 0 radical (unpaired) electrons. The lowest BCUT2D eigenvalue weighted by Crippen LogP contribution is -2.52. The maximum Gasteiger partial charge on any atom is 0.433 e. The van der Waals surface area contributed by atoms with E-state index in [2.05, 4.69) is 10.1 Å². The fourth-order valence-electron chi connectivity index (χ4n) is 3.29. The standard InChI is InChI=1S/C23H17F4N3O2/c24-18-8-11-20(21(25)12-18)22(31,13-30-15-28-14-29-30)23(26,27)32-19-9-6-17(7-10-19)16-4-2-1-3-5-16/h1-12,14-15,31H,13H2. The summed E-state index contributed by atoms with van der Waals surface area (Å²) in [6.45, 7) is -0.898. The van der Waals surface area contributed by atoms with Crippen LogP contribution < -0.4 is 4.74 Å². The van der Waals surface area contributed by atoms with Crippen LogP contribution in [0.3, 0.4) is 0 Å². The van der Waals surface area contributed by atoms with E-state index in [1.54, 1.807) is 12.1 Å². The van der Waals surface area contributed by atoms with Crippen molar-refractivity contribution in [2.24, 2.45) is 0 Å². The smallest absolute Gasteiger partial charge is 0.430 e. The minimum atomic E-state index is -4.33. The quantitative estimate of drug-likeness (QED) is 0.418. The van der Waals surface area contributed by atoms with Crippen LogP contribution in [0, 0.1) is 11.6 Å². The Labute approximate surface area is 180 Å². The number of rotatable bonds is 7.